The number of urea groups is 1. The van der Waals surface area contributed by atoms with E-state index in [2.05, 4.69) is 10.9 Å². The van der Waals surface area contributed by atoms with Crippen LogP contribution in [0.25, 0.3) is 0 Å². The Morgan fingerprint density at radius 2 is 1.24 bits per heavy atom. The van der Waals surface area contributed by atoms with Crippen molar-refractivity contribution < 1.29 is 14.3 Å². The van der Waals surface area contributed by atoms with E-state index in [0.717, 1.165) is 16.9 Å². The average molecular weight is 390 g/mol. The molecule has 0 bridgehead atoms. The second kappa shape index (κ2) is 8.02. The van der Waals surface area contributed by atoms with Gasteiger partial charge in [0.15, 0.2) is 17.7 Å². The van der Waals surface area contributed by atoms with Crippen molar-refractivity contribution in [2.24, 2.45) is 0 Å². The van der Waals surface area contributed by atoms with Crippen LogP contribution in [0, 0.1) is 0 Å². The van der Waals surface area contributed by atoms with Gasteiger partial charge in [0.05, 0.1) is 25.6 Å². The maximum atomic E-state index is 12.5. The zero-order valence-corrected chi connectivity index (χ0v) is 16.2. The van der Waals surface area contributed by atoms with E-state index < -0.39 is 0 Å². The minimum atomic E-state index is -0.377. The van der Waals surface area contributed by atoms with Crippen LogP contribution in [0.5, 0.6) is 11.5 Å². The number of hydrazine groups is 2. The number of carbonyl (C=O) groups excluding carboxylic acids is 1. The van der Waals surface area contributed by atoms with E-state index in [1.165, 1.54) is 0 Å². The molecule has 0 aliphatic carbocycles. The number of anilines is 2. The van der Waals surface area contributed by atoms with Crippen LogP contribution in [0.3, 0.4) is 0 Å². The lowest BCUT2D eigenvalue weighted by atomic mass is 10.1. The van der Waals surface area contributed by atoms with Gasteiger partial charge in [-0.1, -0.05) is 42.5 Å². The van der Waals surface area contributed by atoms with Crippen molar-refractivity contribution >= 4 is 17.4 Å². The molecule has 1 heterocycles. The molecule has 4 rings (SSSR count). The Balaban J connectivity index is 1.85. The molecular formula is C22H22N4O3. The van der Waals surface area contributed by atoms with E-state index >= 15 is 0 Å². The minimum absolute atomic E-state index is 0.325. The largest absolute Gasteiger partial charge is 0.493 e. The molecule has 1 aliphatic rings. The van der Waals surface area contributed by atoms with Crippen molar-refractivity contribution in [1.29, 1.82) is 0 Å². The maximum absolute atomic E-state index is 12.5. The standard InChI is InChI=1S/C22H22N4O3/c1-28-19-14-13-16(15-20(19)29-2)21-25(17-9-5-3-6-10-17)23-22(27)24-26(21)18-11-7-4-8-12-18/h3-15,21H,1-2H3,(H2,23,24,27). The van der Waals surface area contributed by atoms with Crippen molar-refractivity contribution in [3.05, 3.63) is 84.4 Å². The number of carbonyl (C=O) groups is 1. The molecule has 0 aromatic heterocycles. The monoisotopic (exact) mass is 390 g/mol. The van der Waals surface area contributed by atoms with Crippen LogP contribution in [0.15, 0.2) is 78.9 Å². The highest BCUT2D eigenvalue weighted by atomic mass is 16.5. The first-order chi connectivity index (χ1) is 14.2. The van der Waals surface area contributed by atoms with Crippen LogP contribution in [-0.2, 0) is 0 Å². The molecule has 3 aromatic carbocycles. The molecular weight excluding hydrogens is 368 g/mol. The molecule has 7 heteroatoms. The predicted octanol–water partition coefficient (Wildman–Crippen LogP) is 3.86. The molecule has 148 valence electrons. The van der Waals surface area contributed by atoms with E-state index in [4.69, 9.17) is 9.47 Å². The summed E-state index contributed by atoms with van der Waals surface area (Å²) in [7, 11) is 3.21. The lowest BCUT2D eigenvalue weighted by Crippen LogP contribution is -2.65. The van der Waals surface area contributed by atoms with Crippen molar-refractivity contribution in [1.82, 2.24) is 10.9 Å². The van der Waals surface area contributed by atoms with E-state index in [9.17, 15) is 4.79 Å². The second-order valence-corrected chi connectivity index (χ2v) is 6.45. The molecule has 1 fully saturated rings. The fraction of sp³-hybridized carbons (Fsp3) is 0.136. The van der Waals surface area contributed by atoms with Gasteiger partial charge in [-0.3, -0.25) is 10.0 Å². The van der Waals surface area contributed by atoms with Crippen LogP contribution in [0.4, 0.5) is 16.2 Å². The Kier molecular flexibility index (Phi) is 5.11. The first-order valence-corrected chi connectivity index (χ1v) is 9.19. The highest BCUT2D eigenvalue weighted by molar-refractivity contribution is 5.81. The molecule has 2 N–H and O–H groups in total. The van der Waals surface area contributed by atoms with Crippen molar-refractivity contribution in [2.45, 2.75) is 6.17 Å². The molecule has 29 heavy (non-hydrogen) atoms. The van der Waals surface area contributed by atoms with E-state index in [-0.39, 0.29) is 12.2 Å². The number of hydrogen-bond acceptors (Lipinski definition) is 5. The summed E-state index contributed by atoms with van der Waals surface area (Å²) in [5, 5.41) is 3.65. The molecule has 1 aliphatic heterocycles. The fourth-order valence-electron chi connectivity index (χ4n) is 3.38. The summed E-state index contributed by atoms with van der Waals surface area (Å²) in [5.74, 6) is 1.25. The zero-order valence-electron chi connectivity index (χ0n) is 16.2. The highest BCUT2D eigenvalue weighted by Crippen LogP contribution is 2.37. The van der Waals surface area contributed by atoms with Gasteiger partial charge in [0.1, 0.15) is 0 Å². The SMILES string of the molecule is COc1ccc(C2N(c3ccccc3)NC(=O)NN2c2ccccc2)cc1OC. The molecule has 0 unspecified atom stereocenters. The number of nitrogens with one attached hydrogen (secondary N) is 2. The number of hydrogen-bond donors (Lipinski definition) is 2. The number of methoxy groups -OCH3 is 2. The summed E-state index contributed by atoms with van der Waals surface area (Å²) in [5.41, 5.74) is 8.44. The number of benzene rings is 3. The Morgan fingerprint density at radius 3 is 1.72 bits per heavy atom. The number of amides is 2. The smallest absolute Gasteiger partial charge is 0.352 e. The Hall–Kier alpha value is -3.87. The first-order valence-electron chi connectivity index (χ1n) is 9.19. The van der Waals surface area contributed by atoms with E-state index in [0.29, 0.717) is 11.5 Å². The van der Waals surface area contributed by atoms with Crippen LogP contribution < -0.4 is 30.3 Å². The first kappa shape index (κ1) is 18.5. The van der Waals surface area contributed by atoms with Crippen molar-refractivity contribution in [3.8, 4) is 11.5 Å². The van der Waals surface area contributed by atoms with Gasteiger partial charge < -0.3 is 9.47 Å². The van der Waals surface area contributed by atoms with Gasteiger partial charge in [0, 0.05) is 5.56 Å². The fourth-order valence-corrected chi connectivity index (χ4v) is 3.38. The van der Waals surface area contributed by atoms with Gasteiger partial charge in [-0.2, -0.15) is 0 Å². The number of para-hydroxylation sites is 2. The van der Waals surface area contributed by atoms with Crippen LogP contribution >= 0.6 is 0 Å². The second-order valence-electron chi connectivity index (χ2n) is 6.45. The molecule has 2 amide bonds. The van der Waals surface area contributed by atoms with Crippen LogP contribution in [0.1, 0.15) is 11.7 Å². The minimum Gasteiger partial charge on any atom is -0.493 e. The number of nitrogens with zero attached hydrogens (tertiary/aromatic N) is 2. The maximum Gasteiger partial charge on any atom is 0.352 e. The lowest BCUT2D eigenvalue weighted by Gasteiger charge is -2.45. The van der Waals surface area contributed by atoms with Gasteiger partial charge in [0.2, 0.25) is 0 Å². The predicted molar refractivity (Wildman–Crippen MR) is 112 cm³/mol. The Labute approximate surface area is 169 Å². The summed E-state index contributed by atoms with van der Waals surface area (Å²) in [6.45, 7) is 0. The molecule has 7 nitrogen and oxygen atoms in total. The van der Waals surface area contributed by atoms with E-state index in [1.54, 1.807) is 14.2 Å². The van der Waals surface area contributed by atoms with Gasteiger partial charge in [0.25, 0.3) is 0 Å². The van der Waals surface area contributed by atoms with Gasteiger partial charge in [-0.15, -0.1) is 0 Å². The lowest BCUT2D eigenvalue weighted by molar-refractivity contribution is 0.227. The molecule has 0 atom stereocenters. The van der Waals surface area contributed by atoms with E-state index in [1.807, 2.05) is 88.9 Å². The summed E-state index contributed by atoms with van der Waals surface area (Å²) in [4.78, 5) is 12.5. The Morgan fingerprint density at radius 1 is 0.724 bits per heavy atom. The quantitative estimate of drug-likeness (QED) is 0.693. The van der Waals surface area contributed by atoms with Crippen molar-refractivity contribution in [2.75, 3.05) is 24.2 Å². The zero-order chi connectivity index (χ0) is 20.2. The van der Waals surface area contributed by atoms with Gasteiger partial charge >= 0.3 is 6.03 Å². The number of rotatable bonds is 5. The molecule has 0 saturated carbocycles. The third kappa shape index (κ3) is 3.62. The van der Waals surface area contributed by atoms with Crippen molar-refractivity contribution in [3.63, 3.8) is 0 Å². The molecule has 1 saturated heterocycles. The van der Waals surface area contributed by atoms with Crippen LogP contribution in [-0.4, -0.2) is 20.3 Å². The molecule has 0 radical (unpaired) electrons. The third-order valence-electron chi connectivity index (χ3n) is 4.71. The summed E-state index contributed by atoms with van der Waals surface area (Å²) in [6.07, 6.45) is -0.377. The van der Waals surface area contributed by atoms with Gasteiger partial charge in [-0.25, -0.2) is 15.6 Å². The van der Waals surface area contributed by atoms with Gasteiger partial charge in [-0.05, 0) is 36.4 Å². The Bertz CT molecular complexity index is 930. The molecule has 0 spiro atoms. The normalized spacial score (nSPS) is 14.2. The highest BCUT2D eigenvalue weighted by Gasteiger charge is 2.35. The topological polar surface area (TPSA) is 66.1 Å². The summed E-state index contributed by atoms with van der Waals surface area (Å²) >= 11 is 0. The third-order valence-corrected chi connectivity index (χ3v) is 4.71. The summed E-state index contributed by atoms with van der Waals surface area (Å²) < 4.78 is 10.9. The summed E-state index contributed by atoms with van der Waals surface area (Å²) in [6, 6.07) is 24.8. The number of ether oxygens (including phenoxy) is 2. The average Bonchev–Trinajstić information content (AvgIpc) is 2.79. The molecule has 3 aromatic rings. The van der Waals surface area contributed by atoms with Crippen LogP contribution in [0.2, 0.25) is 0 Å².